The van der Waals surface area contributed by atoms with Crippen LogP contribution in [0.4, 0.5) is 10.5 Å². The number of halogens is 1. The maximum atomic E-state index is 13.1. The molecule has 4 amide bonds. The predicted molar refractivity (Wildman–Crippen MR) is 120 cm³/mol. The molecule has 0 atom stereocenters. The van der Waals surface area contributed by atoms with Crippen LogP contribution in [0.25, 0.3) is 11.8 Å². The normalized spacial score (nSPS) is 15.5. The van der Waals surface area contributed by atoms with Crippen molar-refractivity contribution < 1.29 is 14.4 Å². The Labute approximate surface area is 184 Å². The maximum absolute atomic E-state index is 13.1. The molecule has 1 saturated heterocycles. The summed E-state index contributed by atoms with van der Waals surface area (Å²) in [5, 5.41) is 2.72. The fraction of sp³-hybridized carbons (Fsp3) is 0.125. The van der Waals surface area contributed by atoms with Crippen molar-refractivity contribution in [2.24, 2.45) is 0 Å². The van der Waals surface area contributed by atoms with Crippen molar-refractivity contribution in [2.75, 3.05) is 4.90 Å². The molecule has 3 aromatic rings. The molecule has 156 valence electrons. The third kappa shape index (κ3) is 3.78. The Bertz CT molecular complexity index is 1240. The number of aromatic nitrogens is 1. The Hall–Kier alpha value is -3.64. The fourth-order valence-corrected chi connectivity index (χ4v) is 3.79. The molecule has 6 nitrogen and oxygen atoms in total. The number of amides is 4. The second-order valence-electron chi connectivity index (χ2n) is 7.43. The zero-order chi connectivity index (χ0) is 22.3. The number of carbonyl (C=O) groups excluding carboxylic acids is 3. The molecule has 2 aromatic carbocycles. The van der Waals surface area contributed by atoms with E-state index in [1.54, 1.807) is 24.3 Å². The standard InChI is InChI=1S/C24H20ClN3O3/c1-14-4-8-19(9-5-14)27-15(2)12-17(16(27)3)13-21-22(29)26-24(31)28(23(21)30)20-10-6-18(25)7-11-20/h4-13H,1-3H3,(H,26,29,31)/b21-13-. The number of aryl methyl sites for hydroxylation is 2. The highest BCUT2D eigenvalue weighted by Gasteiger charge is 2.37. The van der Waals surface area contributed by atoms with E-state index in [9.17, 15) is 14.4 Å². The molecule has 0 bridgehead atoms. The lowest BCUT2D eigenvalue weighted by Crippen LogP contribution is -2.54. The van der Waals surface area contributed by atoms with Crippen molar-refractivity contribution in [3.63, 3.8) is 0 Å². The van der Waals surface area contributed by atoms with Crippen LogP contribution in [0.2, 0.25) is 5.02 Å². The van der Waals surface area contributed by atoms with Crippen molar-refractivity contribution in [2.45, 2.75) is 20.8 Å². The lowest BCUT2D eigenvalue weighted by atomic mass is 10.1. The fourth-order valence-electron chi connectivity index (χ4n) is 3.66. The average molecular weight is 434 g/mol. The molecule has 0 spiro atoms. The van der Waals surface area contributed by atoms with E-state index in [1.165, 1.54) is 6.08 Å². The molecule has 4 rings (SSSR count). The van der Waals surface area contributed by atoms with Gasteiger partial charge in [0, 0.05) is 22.1 Å². The van der Waals surface area contributed by atoms with Crippen LogP contribution < -0.4 is 10.2 Å². The second kappa shape index (κ2) is 7.89. The van der Waals surface area contributed by atoms with Gasteiger partial charge in [-0.1, -0.05) is 29.3 Å². The van der Waals surface area contributed by atoms with E-state index in [2.05, 4.69) is 9.88 Å². The monoisotopic (exact) mass is 433 g/mol. The minimum absolute atomic E-state index is 0.112. The molecule has 31 heavy (non-hydrogen) atoms. The van der Waals surface area contributed by atoms with E-state index < -0.39 is 17.8 Å². The van der Waals surface area contributed by atoms with Crippen LogP contribution in [0, 0.1) is 20.8 Å². The van der Waals surface area contributed by atoms with Crippen LogP contribution in [0.1, 0.15) is 22.5 Å². The Morgan fingerprint density at radius 2 is 1.48 bits per heavy atom. The first kappa shape index (κ1) is 20.6. The molecule has 1 N–H and O–H groups in total. The van der Waals surface area contributed by atoms with Crippen molar-refractivity contribution in [3.05, 3.63) is 87.7 Å². The lowest BCUT2D eigenvalue weighted by Gasteiger charge is -2.26. The van der Waals surface area contributed by atoms with Gasteiger partial charge in [0.25, 0.3) is 11.8 Å². The van der Waals surface area contributed by atoms with Crippen molar-refractivity contribution in [1.82, 2.24) is 9.88 Å². The van der Waals surface area contributed by atoms with Gasteiger partial charge in [-0.3, -0.25) is 14.9 Å². The van der Waals surface area contributed by atoms with Gasteiger partial charge in [0.05, 0.1) is 5.69 Å². The summed E-state index contributed by atoms with van der Waals surface area (Å²) in [5.74, 6) is -1.41. The molecular formula is C24H20ClN3O3. The van der Waals surface area contributed by atoms with E-state index in [-0.39, 0.29) is 5.57 Å². The number of imide groups is 2. The average Bonchev–Trinajstić information content (AvgIpc) is 3.00. The molecule has 7 heteroatoms. The minimum Gasteiger partial charge on any atom is -0.318 e. The van der Waals surface area contributed by atoms with E-state index in [1.807, 2.05) is 51.1 Å². The molecule has 0 unspecified atom stereocenters. The summed E-state index contributed by atoms with van der Waals surface area (Å²) in [5.41, 5.74) is 4.93. The molecule has 1 aliphatic rings. The number of nitrogens with zero attached hydrogens (tertiary/aromatic N) is 2. The number of benzene rings is 2. The van der Waals surface area contributed by atoms with E-state index in [0.29, 0.717) is 10.7 Å². The zero-order valence-electron chi connectivity index (χ0n) is 17.3. The minimum atomic E-state index is -0.792. The van der Waals surface area contributed by atoms with E-state index >= 15 is 0 Å². The molecule has 0 saturated carbocycles. The van der Waals surface area contributed by atoms with Crippen molar-refractivity contribution >= 4 is 41.2 Å². The number of hydrogen-bond donors (Lipinski definition) is 1. The Balaban J connectivity index is 1.75. The maximum Gasteiger partial charge on any atom is 0.335 e. The van der Waals surface area contributed by atoms with E-state index in [4.69, 9.17) is 11.6 Å². The van der Waals surface area contributed by atoms with Crippen LogP contribution in [-0.2, 0) is 9.59 Å². The third-order valence-corrected chi connectivity index (χ3v) is 5.50. The first-order valence-corrected chi connectivity index (χ1v) is 10.1. The summed E-state index contributed by atoms with van der Waals surface area (Å²) in [4.78, 5) is 38.8. The van der Waals surface area contributed by atoms with Gasteiger partial charge >= 0.3 is 6.03 Å². The highest BCUT2D eigenvalue weighted by atomic mass is 35.5. The van der Waals surface area contributed by atoms with Gasteiger partial charge in [-0.25, -0.2) is 9.69 Å². The van der Waals surface area contributed by atoms with Crippen molar-refractivity contribution in [1.29, 1.82) is 0 Å². The summed E-state index contributed by atoms with van der Waals surface area (Å²) >= 11 is 5.90. The topological polar surface area (TPSA) is 71.4 Å². The van der Waals surface area contributed by atoms with Crippen molar-refractivity contribution in [3.8, 4) is 5.69 Å². The summed E-state index contributed by atoms with van der Waals surface area (Å²) in [7, 11) is 0. The first-order valence-electron chi connectivity index (χ1n) is 9.69. The number of rotatable bonds is 3. The molecule has 0 radical (unpaired) electrons. The van der Waals surface area contributed by atoms with Crippen LogP contribution in [0.3, 0.4) is 0 Å². The van der Waals surface area contributed by atoms with Crippen LogP contribution in [-0.4, -0.2) is 22.4 Å². The number of urea groups is 1. The van der Waals surface area contributed by atoms with Crippen LogP contribution >= 0.6 is 11.6 Å². The summed E-state index contributed by atoms with van der Waals surface area (Å²) in [6.45, 7) is 5.91. The summed E-state index contributed by atoms with van der Waals surface area (Å²) in [6, 6.07) is 15.5. The number of nitrogens with one attached hydrogen (secondary N) is 1. The number of anilines is 1. The quantitative estimate of drug-likeness (QED) is 0.479. The van der Waals surface area contributed by atoms with Gasteiger partial charge in [-0.2, -0.15) is 0 Å². The highest BCUT2D eigenvalue weighted by Crippen LogP contribution is 2.26. The van der Waals surface area contributed by atoms with Gasteiger partial charge in [0.1, 0.15) is 5.57 Å². The van der Waals surface area contributed by atoms with Crippen LogP contribution in [0.5, 0.6) is 0 Å². The second-order valence-corrected chi connectivity index (χ2v) is 7.87. The number of carbonyl (C=O) groups is 3. The Morgan fingerprint density at radius 3 is 2.13 bits per heavy atom. The van der Waals surface area contributed by atoms with Gasteiger partial charge in [-0.05, 0) is 74.9 Å². The predicted octanol–water partition coefficient (Wildman–Crippen LogP) is 4.72. The molecular weight excluding hydrogens is 414 g/mol. The highest BCUT2D eigenvalue weighted by molar-refractivity contribution is 6.39. The van der Waals surface area contributed by atoms with Gasteiger partial charge < -0.3 is 4.57 Å². The number of hydrogen-bond acceptors (Lipinski definition) is 3. The zero-order valence-corrected chi connectivity index (χ0v) is 18.0. The van der Waals surface area contributed by atoms with Gasteiger partial charge in [0.15, 0.2) is 0 Å². The lowest BCUT2D eigenvalue weighted by molar-refractivity contribution is -0.122. The van der Waals surface area contributed by atoms with E-state index in [0.717, 1.165) is 33.1 Å². The number of barbiturate groups is 1. The Morgan fingerprint density at radius 1 is 0.871 bits per heavy atom. The molecule has 1 aromatic heterocycles. The van der Waals surface area contributed by atoms with Gasteiger partial charge in [0.2, 0.25) is 0 Å². The molecule has 0 aliphatic carbocycles. The third-order valence-electron chi connectivity index (χ3n) is 5.25. The molecule has 2 heterocycles. The molecule has 1 aliphatic heterocycles. The first-order chi connectivity index (χ1) is 14.8. The van der Waals surface area contributed by atoms with Gasteiger partial charge in [-0.15, -0.1) is 0 Å². The smallest absolute Gasteiger partial charge is 0.318 e. The largest absolute Gasteiger partial charge is 0.335 e. The molecule has 1 fully saturated rings. The summed E-state index contributed by atoms with van der Waals surface area (Å²) in [6.07, 6.45) is 1.53. The van der Waals surface area contributed by atoms with Crippen LogP contribution in [0.15, 0.2) is 60.2 Å². The Kier molecular flexibility index (Phi) is 5.25. The SMILES string of the molecule is Cc1ccc(-n2c(C)cc(/C=C3/C(=O)NC(=O)N(c4ccc(Cl)cc4)C3=O)c2C)cc1. The summed E-state index contributed by atoms with van der Waals surface area (Å²) < 4.78 is 2.05.